The fourth-order valence-electron chi connectivity index (χ4n) is 1.69. The van der Waals surface area contributed by atoms with E-state index in [2.05, 4.69) is 15.6 Å². The number of pyridine rings is 1. The molecule has 1 saturated heterocycles. The maximum absolute atomic E-state index is 11.0. The molecule has 0 spiro atoms. The fraction of sp³-hybridized carbons (Fsp3) is 0.400. The molecule has 1 aromatic heterocycles. The van der Waals surface area contributed by atoms with Crippen LogP contribution in [0.3, 0.4) is 0 Å². The minimum absolute atomic E-state index is 0.00189. The maximum Gasteiger partial charge on any atom is 0.274 e. The van der Waals surface area contributed by atoms with E-state index in [0.29, 0.717) is 18.8 Å². The largest absolute Gasteiger partial charge is 0.368 e. The number of carbonyl (C=O) groups is 1. The summed E-state index contributed by atoms with van der Waals surface area (Å²) in [5.74, 6) is 0.490. The number of nitrogens with one attached hydrogen (secondary N) is 2. The Balaban J connectivity index is 1.92. The topological polar surface area (TPSA) is 97.2 Å². The first-order chi connectivity index (χ1) is 8.15. The van der Waals surface area contributed by atoms with Gasteiger partial charge in [-0.15, -0.1) is 0 Å². The molecule has 17 heavy (non-hydrogen) atoms. The lowest BCUT2D eigenvalue weighted by molar-refractivity contribution is -0.384. The summed E-state index contributed by atoms with van der Waals surface area (Å²) < 4.78 is 0. The molecule has 1 aliphatic rings. The van der Waals surface area contributed by atoms with E-state index in [1.165, 1.54) is 18.3 Å². The van der Waals surface area contributed by atoms with Gasteiger partial charge in [-0.2, -0.15) is 0 Å². The van der Waals surface area contributed by atoms with Crippen molar-refractivity contribution in [3.05, 3.63) is 28.4 Å². The second kappa shape index (κ2) is 4.77. The summed E-state index contributed by atoms with van der Waals surface area (Å²) in [6.45, 7) is 0.528. The molecule has 1 fully saturated rings. The zero-order valence-corrected chi connectivity index (χ0v) is 9.05. The first-order valence-electron chi connectivity index (χ1n) is 5.29. The Kier molecular flexibility index (Phi) is 3.17. The van der Waals surface area contributed by atoms with Crippen LogP contribution in [0.5, 0.6) is 0 Å². The summed E-state index contributed by atoms with van der Waals surface area (Å²) in [6, 6.07) is 2.78. The van der Waals surface area contributed by atoms with Gasteiger partial charge in [0.05, 0.1) is 11.0 Å². The lowest BCUT2D eigenvalue weighted by atomic mass is 10.2. The van der Waals surface area contributed by atoms with Crippen LogP contribution in [0.15, 0.2) is 18.3 Å². The molecule has 1 aliphatic heterocycles. The highest BCUT2D eigenvalue weighted by Gasteiger charge is 2.20. The van der Waals surface area contributed by atoms with Gasteiger partial charge >= 0.3 is 0 Å². The summed E-state index contributed by atoms with van der Waals surface area (Å²) >= 11 is 0. The number of aromatic nitrogens is 1. The van der Waals surface area contributed by atoms with Crippen LogP contribution in [0.1, 0.15) is 12.8 Å². The third-order valence-electron chi connectivity index (χ3n) is 2.57. The van der Waals surface area contributed by atoms with Crippen molar-refractivity contribution in [1.82, 2.24) is 10.3 Å². The molecule has 0 aromatic carbocycles. The van der Waals surface area contributed by atoms with Crippen molar-refractivity contribution in [3.8, 4) is 0 Å². The fourth-order valence-corrected chi connectivity index (χ4v) is 1.69. The molecular weight excluding hydrogens is 224 g/mol. The molecule has 2 rings (SSSR count). The van der Waals surface area contributed by atoms with E-state index < -0.39 is 4.92 Å². The van der Waals surface area contributed by atoms with E-state index in [1.54, 1.807) is 0 Å². The standard InChI is InChI=1S/C10H12N4O3/c15-10-2-1-7(13-10)6-12-9-5-8(14(16)17)3-4-11-9/h3-5,7H,1-2,6H2,(H,11,12)(H,13,15). The van der Waals surface area contributed by atoms with Crippen molar-refractivity contribution < 1.29 is 9.72 Å². The maximum atomic E-state index is 11.0. The lowest BCUT2D eigenvalue weighted by Crippen LogP contribution is -2.31. The lowest BCUT2D eigenvalue weighted by Gasteiger charge is -2.11. The third-order valence-corrected chi connectivity index (χ3v) is 2.57. The van der Waals surface area contributed by atoms with Crippen LogP contribution in [0.25, 0.3) is 0 Å². The Bertz CT molecular complexity index is 449. The van der Waals surface area contributed by atoms with E-state index in [4.69, 9.17) is 0 Å². The molecule has 1 aromatic rings. The Morgan fingerprint density at radius 2 is 2.47 bits per heavy atom. The van der Waals surface area contributed by atoms with Crippen LogP contribution in [0.4, 0.5) is 11.5 Å². The Morgan fingerprint density at radius 1 is 1.65 bits per heavy atom. The number of anilines is 1. The number of rotatable bonds is 4. The van der Waals surface area contributed by atoms with Crippen LogP contribution in [-0.2, 0) is 4.79 Å². The highest BCUT2D eigenvalue weighted by atomic mass is 16.6. The van der Waals surface area contributed by atoms with Gasteiger partial charge < -0.3 is 10.6 Å². The van der Waals surface area contributed by atoms with Gasteiger partial charge in [-0.25, -0.2) is 4.98 Å². The van der Waals surface area contributed by atoms with Crippen LogP contribution in [-0.4, -0.2) is 28.4 Å². The second-order valence-corrected chi connectivity index (χ2v) is 3.84. The van der Waals surface area contributed by atoms with Crippen molar-refractivity contribution >= 4 is 17.4 Å². The van der Waals surface area contributed by atoms with Crippen molar-refractivity contribution in [2.24, 2.45) is 0 Å². The quantitative estimate of drug-likeness (QED) is 0.591. The van der Waals surface area contributed by atoms with Crippen LogP contribution < -0.4 is 10.6 Å². The molecule has 0 radical (unpaired) electrons. The zero-order valence-electron chi connectivity index (χ0n) is 9.05. The predicted octanol–water partition coefficient (Wildman–Crippen LogP) is 0.680. The summed E-state index contributed by atoms with van der Waals surface area (Å²) in [7, 11) is 0. The molecule has 90 valence electrons. The molecule has 7 heteroatoms. The minimum Gasteiger partial charge on any atom is -0.368 e. The van der Waals surface area contributed by atoms with Gasteiger partial charge in [-0.1, -0.05) is 0 Å². The SMILES string of the molecule is O=C1CCC(CNc2cc([N+](=O)[O-])ccn2)N1. The van der Waals surface area contributed by atoms with Gasteiger partial charge in [0, 0.05) is 31.3 Å². The van der Waals surface area contributed by atoms with Gasteiger partial charge in [0.1, 0.15) is 5.82 Å². The monoisotopic (exact) mass is 236 g/mol. The molecule has 2 heterocycles. The third kappa shape index (κ3) is 2.90. The molecule has 0 aliphatic carbocycles. The van der Waals surface area contributed by atoms with E-state index in [9.17, 15) is 14.9 Å². The zero-order chi connectivity index (χ0) is 12.3. The van der Waals surface area contributed by atoms with Gasteiger partial charge in [-0.05, 0) is 6.42 Å². The van der Waals surface area contributed by atoms with Gasteiger partial charge in [0.25, 0.3) is 5.69 Å². The van der Waals surface area contributed by atoms with Crippen LogP contribution in [0.2, 0.25) is 0 Å². The first kappa shape index (κ1) is 11.3. The molecule has 2 N–H and O–H groups in total. The van der Waals surface area contributed by atoms with E-state index in [0.717, 1.165) is 6.42 Å². The van der Waals surface area contributed by atoms with E-state index in [1.807, 2.05) is 0 Å². The Hall–Kier alpha value is -2.18. The summed E-state index contributed by atoms with van der Waals surface area (Å²) in [4.78, 5) is 25.0. The molecule has 1 amide bonds. The van der Waals surface area contributed by atoms with Gasteiger partial charge in [-0.3, -0.25) is 14.9 Å². The number of amides is 1. The number of nitro groups is 1. The summed E-state index contributed by atoms with van der Waals surface area (Å²) in [5.41, 5.74) is -0.00189. The van der Waals surface area contributed by atoms with E-state index >= 15 is 0 Å². The van der Waals surface area contributed by atoms with E-state index in [-0.39, 0.29) is 17.6 Å². The number of nitrogens with zero attached hydrogens (tertiary/aromatic N) is 2. The number of carbonyl (C=O) groups excluding carboxylic acids is 1. The molecule has 1 atom stereocenters. The van der Waals surface area contributed by atoms with Gasteiger partial charge in [0.15, 0.2) is 0 Å². The number of hydrogen-bond donors (Lipinski definition) is 2. The average molecular weight is 236 g/mol. The highest BCUT2D eigenvalue weighted by Crippen LogP contribution is 2.15. The molecule has 7 nitrogen and oxygen atoms in total. The summed E-state index contributed by atoms with van der Waals surface area (Å²) in [6.07, 6.45) is 2.70. The average Bonchev–Trinajstić information content (AvgIpc) is 2.73. The minimum atomic E-state index is -0.468. The Labute approximate surface area is 97.4 Å². The summed E-state index contributed by atoms with van der Waals surface area (Å²) in [5, 5.41) is 16.3. The predicted molar refractivity (Wildman–Crippen MR) is 60.5 cm³/mol. The van der Waals surface area contributed by atoms with Crippen LogP contribution in [0, 0.1) is 10.1 Å². The normalized spacial score (nSPS) is 18.8. The van der Waals surface area contributed by atoms with Crippen LogP contribution >= 0.6 is 0 Å². The molecule has 0 bridgehead atoms. The molecule has 0 saturated carbocycles. The second-order valence-electron chi connectivity index (χ2n) is 3.84. The molecule has 1 unspecified atom stereocenters. The van der Waals surface area contributed by atoms with Crippen molar-refractivity contribution in [1.29, 1.82) is 0 Å². The van der Waals surface area contributed by atoms with Gasteiger partial charge in [0.2, 0.25) is 5.91 Å². The smallest absolute Gasteiger partial charge is 0.274 e. The van der Waals surface area contributed by atoms with Crippen molar-refractivity contribution in [2.45, 2.75) is 18.9 Å². The van der Waals surface area contributed by atoms with Crippen molar-refractivity contribution in [3.63, 3.8) is 0 Å². The number of hydrogen-bond acceptors (Lipinski definition) is 5. The Morgan fingerprint density at radius 3 is 3.12 bits per heavy atom. The first-order valence-corrected chi connectivity index (χ1v) is 5.29. The highest BCUT2D eigenvalue weighted by molar-refractivity contribution is 5.78. The van der Waals surface area contributed by atoms with Crippen molar-refractivity contribution in [2.75, 3.05) is 11.9 Å². The molecular formula is C10H12N4O3.